The Hall–Kier alpha value is -1.75. The van der Waals surface area contributed by atoms with E-state index >= 15 is 0 Å². The zero-order valence-corrected chi connectivity index (χ0v) is 14.3. The number of aryl methyl sites for hydroxylation is 3. The monoisotopic (exact) mass is 327 g/mol. The molecule has 2 aliphatic rings. The molecule has 3 heterocycles. The summed E-state index contributed by atoms with van der Waals surface area (Å²) in [6.45, 7) is 4.96. The summed E-state index contributed by atoms with van der Waals surface area (Å²) in [5.74, 6) is 1.32. The van der Waals surface area contributed by atoms with Crippen LogP contribution in [-0.2, 0) is 24.2 Å². The summed E-state index contributed by atoms with van der Waals surface area (Å²) in [5.41, 5.74) is 3.62. The van der Waals surface area contributed by atoms with Gasteiger partial charge in [0.15, 0.2) is 0 Å². The number of carbonyl (C=O) groups is 1. The molecule has 0 bridgehead atoms. The molecule has 0 saturated carbocycles. The third-order valence-corrected chi connectivity index (χ3v) is 5.95. The third-order valence-electron chi connectivity index (χ3n) is 4.65. The Labute approximate surface area is 140 Å². The predicted octanol–water partition coefficient (Wildman–Crippen LogP) is 2.65. The van der Waals surface area contributed by atoms with E-state index in [2.05, 4.69) is 46.2 Å². The second kappa shape index (κ2) is 5.71. The van der Waals surface area contributed by atoms with Crippen LogP contribution in [0.15, 0.2) is 29.3 Å². The molecule has 4 rings (SSSR count). The van der Waals surface area contributed by atoms with Gasteiger partial charge < -0.3 is 9.88 Å². The van der Waals surface area contributed by atoms with Gasteiger partial charge in [0.05, 0.1) is 10.9 Å². The average molecular weight is 327 g/mol. The molecule has 0 spiro atoms. The Morgan fingerprint density at radius 3 is 3.13 bits per heavy atom. The van der Waals surface area contributed by atoms with Crippen LogP contribution in [0.5, 0.6) is 0 Å². The van der Waals surface area contributed by atoms with Crippen molar-refractivity contribution in [2.24, 2.45) is 0 Å². The smallest absolute Gasteiger partial charge is 0.234 e. The highest BCUT2D eigenvalue weighted by molar-refractivity contribution is 8.01. The van der Waals surface area contributed by atoms with Gasteiger partial charge in [0.25, 0.3) is 0 Å². The number of aromatic nitrogens is 2. The first kappa shape index (κ1) is 14.8. The topological polar surface area (TPSA) is 46.9 Å². The van der Waals surface area contributed by atoms with Crippen molar-refractivity contribution in [2.45, 2.75) is 55.8 Å². The lowest BCUT2D eigenvalue weighted by molar-refractivity contribution is -0.121. The average Bonchev–Trinajstić information content (AvgIpc) is 3.08. The molecule has 0 radical (unpaired) electrons. The number of carbonyl (C=O) groups excluding carboxylic acids is 1. The van der Waals surface area contributed by atoms with Gasteiger partial charge in [-0.2, -0.15) is 0 Å². The standard InChI is InChI=1S/C18H21N3OS/c1-11-3-4-13-8-16(23-15(13)7-11)18(22)20-14-5-6-17-19-12(2)9-21(17)10-14/h3-4,7,9,14,16H,5-6,8,10H2,1-2H3,(H,20,22)/t14-,16+/m0/s1. The summed E-state index contributed by atoms with van der Waals surface area (Å²) in [6, 6.07) is 6.69. The molecule has 1 aromatic heterocycles. The molecule has 0 saturated heterocycles. The molecule has 2 atom stereocenters. The summed E-state index contributed by atoms with van der Waals surface area (Å²) in [7, 11) is 0. The van der Waals surface area contributed by atoms with Gasteiger partial charge in [-0.15, -0.1) is 11.8 Å². The number of benzene rings is 1. The quantitative estimate of drug-likeness (QED) is 0.922. The minimum Gasteiger partial charge on any atom is -0.351 e. The fourth-order valence-electron chi connectivity index (χ4n) is 3.48. The highest BCUT2D eigenvalue weighted by atomic mass is 32.2. The van der Waals surface area contributed by atoms with Crippen molar-refractivity contribution in [2.75, 3.05) is 0 Å². The Kier molecular flexibility index (Phi) is 3.68. The van der Waals surface area contributed by atoms with E-state index in [9.17, 15) is 4.79 Å². The summed E-state index contributed by atoms with van der Waals surface area (Å²) in [4.78, 5) is 18.4. The molecule has 1 N–H and O–H groups in total. The van der Waals surface area contributed by atoms with Gasteiger partial charge in [-0.3, -0.25) is 4.79 Å². The van der Waals surface area contributed by atoms with Crippen molar-refractivity contribution in [1.82, 2.24) is 14.9 Å². The van der Waals surface area contributed by atoms with E-state index in [4.69, 9.17) is 0 Å². The van der Waals surface area contributed by atoms with Gasteiger partial charge in [-0.05, 0) is 38.3 Å². The Morgan fingerprint density at radius 2 is 2.26 bits per heavy atom. The SMILES string of the molecule is Cc1ccc2c(c1)S[C@@H](C(=O)N[C@H]1CCc3nc(C)cn3C1)C2. The lowest BCUT2D eigenvalue weighted by atomic mass is 10.1. The number of nitrogens with one attached hydrogen (secondary N) is 1. The van der Waals surface area contributed by atoms with Gasteiger partial charge in [0, 0.05) is 30.1 Å². The zero-order chi connectivity index (χ0) is 16.0. The van der Waals surface area contributed by atoms with Crippen LogP contribution in [0, 0.1) is 13.8 Å². The largest absolute Gasteiger partial charge is 0.351 e. The highest BCUT2D eigenvalue weighted by Gasteiger charge is 2.30. The predicted molar refractivity (Wildman–Crippen MR) is 91.7 cm³/mol. The maximum absolute atomic E-state index is 12.6. The minimum absolute atomic E-state index is 0.0118. The maximum atomic E-state index is 12.6. The number of fused-ring (bicyclic) bond motifs is 2. The van der Waals surface area contributed by atoms with Crippen LogP contribution in [0.3, 0.4) is 0 Å². The molecule has 4 nitrogen and oxygen atoms in total. The van der Waals surface area contributed by atoms with Crippen molar-refractivity contribution < 1.29 is 4.79 Å². The van der Waals surface area contributed by atoms with Crippen molar-refractivity contribution in [1.29, 1.82) is 0 Å². The molecule has 23 heavy (non-hydrogen) atoms. The van der Waals surface area contributed by atoms with E-state index in [-0.39, 0.29) is 17.2 Å². The van der Waals surface area contributed by atoms with Crippen LogP contribution in [0.4, 0.5) is 0 Å². The van der Waals surface area contributed by atoms with Gasteiger partial charge in [-0.25, -0.2) is 4.98 Å². The van der Waals surface area contributed by atoms with Gasteiger partial charge in [-0.1, -0.05) is 17.7 Å². The van der Waals surface area contributed by atoms with E-state index in [0.717, 1.165) is 37.3 Å². The molecule has 2 aromatic rings. The normalized spacial score (nSPS) is 22.5. The number of hydrogen-bond donors (Lipinski definition) is 1. The van der Waals surface area contributed by atoms with Crippen LogP contribution >= 0.6 is 11.8 Å². The number of thioether (sulfide) groups is 1. The van der Waals surface area contributed by atoms with Gasteiger partial charge in [0.1, 0.15) is 5.82 Å². The van der Waals surface area contributed by atoms with E-state index in [1.807, 2.05) is 6.92 Å². The maximum Gasteiger partial charge on any atom is 0.234 e. The van der Waals surface area contributed by atoms with Crippen LogP contribution in [-0.4, -0.2) is 26.8 Å². The fraction of sp³-hybridized carbons (Fsp3) is 0.444. The second-order valence-corrected chi connectivity index (χ2v) is 7.86. The first-order valence-corrected chi connectivity index (χ1v) is 9.05. The molecule has 0 aliphatic carbocycles. The number of nitrogens with zero attached hydrogens (tertiary/aromatic N) is 2. The van der Waals surface area contributed by atoms with Crippen molar-refractivity contribution in [3.8, 4) is 0 Å². The summed E-state index contributed by atoms with van der Waals surface area (Å²) in [6.07, 6.45) is 4.84. The lowest BCUT2D eigenvalue weighted by Crippen LogP contribution is -2.44. The lowest BCUT2D eigenvalue weighted by Gasteiger charge is -2.25. The Bertz CT molecular complexity index is 768. The number of imidazole rings is 1. The van der Waals surface area contributed by atoms with E-state index < -0.39 is 0 Å². The molecule has 1 aromatic carbocycles. The molecular formula is C18H21N3OS. The van der Waals surface area contributed by atoms with Crippen LogP contribution < -0.4 is 5.32 Å². The van der Waals surface area contributed by atoms with E-state index in [0.29, 0.717) is 0 Å². The Morgan fingerprint density at radius 1 is 1.39 bits per heavy atom. The number of amides is 1. The van der Waals surface area contributed by atoms with Crippen LogP contribution in [0.2, 0.25) is 0 Å². The van der Waals surface area contributed by atoms with E-state index in [1.165, 1.54) is 16.0 Å². The molecule has 0 fully saturated rings. The number of rotatable bonds is 2. The second-order valence-electron chi connectivity index (χ2n) is 6.62. The van der Waals surface area contributed by atoms with Crippen LogP contribution in [0.25, 0.3) is 0 Å². The van der Waals surface area contributed by atoms with Gasteiger partial charge >= 0.3 is 0 Å². The first-order chi connectivity index (χ1) is 11.1. The first-order valence-electron chi connectivity index (χ1n) is 8.18. The molecule has 120 valence electrons. The fourth-order valence-corrected chi connectivity index (χ4v) is 4.78. The zero-order valence-electron chi connectivity index (χ0n) is 13.5. The molecule has 5 heteroatoms. The van der Waals surface area contributed by atoms with Crippen molar-refractivity contribution >= 4 is 17.7 Å². The molecule has 2 aliphatic heterocycles. The van der Waals surface area contributed by atoms with Crippen LogP contribution in [0.1, 0.15) is 29.1 Å². The molecule has 0 unspecified atom stereocenters. The number of hydrogen-bond acceptors (Lipinski definition) is 3. The van der Waals surface area contributed by atoms with Crippen molar-refractivity contribution in [3.05, 3.63) is 47.0 Å². The minimum atomic E-state index is 0.0118. The highest BCUT2D eigenvalue weighted by Crippen LogP contribution is 2.37. The van der Waals surface area contributed by atoms with Crippen molar-refractivity contribution in [3.63, 3.8) is 0 Å². The molecular weight excluding hydrogens is 306 g/mol. The Balaban J connectivity index is 1.40. The van der Waals surface area contributed by atoms with Gasteiger partial charge in [0.2, 0.25) is 5.91 Å². The summed E-state index contributed by atoms with van der Waals surface area (Å²) in [5, 5.41) is 3.26. The summed E-state index contributed by atoms with van der Waals surface area (Å²) < 4.78 is 2.18. The van der Waals surface area contributed by atoms with E-state index in [1.54, 1.807) is 11.8 Å². The third kappa shape index (κ3) is 2.90. The summed E-state index contributed by atoms with van der Waals surface area (Å²) >= 11 is 1.71. The molecule has 1 amide bonds.